The van der Waals surface area contributed by atoms with Crippen LogP contribution in [-0.4, -0.2) is 24.8 Å². The number of rotatable bonds is 8. The van der Waals surface area contributed by atoms with Crippen molar-refractivity contribution >= 4 is 22.5 Å². The molecule has 1 N–H and O–H groups in total. The van der Waals surface area contributed by atoms with Crippen molar-refractivity contribution < 1.29 is 14.3 Å². The van der Waals surface area contributed by atoms with Crippen LogP contribution in [0.25, 0.3) is 10.8 Å². The first-order valence-corrected chi connectivity index (χ1v) is 9.17. The Bertz CT molecular complexity index is 927. The quantitative estimate of drug-likeness (QED) is 0.613. The lowest BCUT2D eigenvalue weighted by atomic mass is 10.0. The van der Waals surface area contributed by atoms with Gasteiger partial charge in [-0.15, -0.1) is 0 Å². The number of Topliss-reactive ketones (excluding diaryl/α,β-unsaturated/α-hetero) is 1. The van der Waals surface area contributed by atoms with Crippen molar-refractivity contribution in [2.45, 2.75) is 19.8 Å². The molecule has 0 aromatic heterocycles. The smallest absolute Gasteiger partial charge is 0.257 e. The predicted octanol–water partition coefficient (Wildman–Crippen LogP) is 4.17. The van der Waals surface area contributed by atoms with E-state index in [1.54, 1.807) is 24.3 Å². The van der Waals surface area contributed by atoms with E-state index in [0.717, 1.165) is 6.42 Å². The van der Waals surface area contributed by atoms with Crippen molar-refractivity contribution in [1.29, 1.82) is 0 Å². The van der Waals surface area contributed by atoms with Crippen LogP contribution in [0, 0.1) is 0 Å². The molecular formula is C23H23NO3. The Hall–Kier alpha value is -3.14. The van der Waals surface area contributed by atoms with Crippen LogP contribution < -0.4 is 10.1 Å². The molecule has 0 aliphatic heterocycles. The number of benzene rings is 3. The zero-order valence-corrected chi connectivity index (χ0v) is 15.4. The summed E-state index contributed by atoms with van der Waals surface area (Å²) in [4.78, 5) is 23.6. The lowest BCUT2D eigenvalue weighted by Crippen LogP contribution is -2.30. The highest BCUT2D eigenvalue weighted by molar-refractivity contribution is 5.95. The Morgan fingerprint density at radius 3 is 2.44 bits per heavy atom. The number of carbonyl (C=O) groups excluding carboxylic acids is 2. The largest absolute Gasteiger partial charge is 0.484 e. The first-order chi connectivity index (χ1) is 13.2. The van der Waals surface area contributed by atoms with Crippen LogP contribution in [0.4, 0.5) is 0 Å². The second-order valence-electron chi connectivity index (χ2n) is 6.33. The van der Waals surface area contributed by atoms with E-state index in [0.29, 0.717) is 24.3 Å². The van der Waals surface area contributed by atoms with Crippen LogP contribution in [-0.2, 0) is 11.2 Å². The topological polar surface area (TPSA) is 55.4 Å². The van der Waals surface area contributed by atoms with Gasteiger partial charge in [-0.05, 0) is 47.0 Å². The summed E-state index contributed by atoms with van der Waals surface area (Å²) >= 11 is 0. The van der Waals surface area contributed by atoms with Gasteiger partial charge >= 0.3 is 0 Å². The summed E-state index contributed by atoms with van der Waals surface area (Å²) in [5.74, 6) is 0.503. The number of ether oxygens (including phenoxy) is 1. The maximum absolute atomic E-state index is 12.0. The van der Waals surface area contributed by atoms with E-state index in [9.17, 15) is 9.59 Å². The van der Waals surface area contributed by atoms with E-state index >= 15 is 0 Å². The Morgan fingerprint density at radius 1 is 0.926 bits per heavy atom. The highest BCUT2D eigenvalue weighted by atomic mass is 16.5. The molecule has 138 valence electrons. The van der Waals surface area contributed by atoms with Gasteiger partial charge in [0.1, 0.15) is 5.75 Å². The average Bonchev–Trinajstić information content (AvgIpc) is 2.72. The molecular weight excluding hydrogens is 338 g/mol. The van der Waals surface area contributed by atoms with Crippen LogP contribution in [0.5, 0.6) is 5.75 Å². The van der Waals surface area contributed by atoms with E-state index in [1.807, 2.05) is 25.1 Å². The van der Waals surface area contributed by atoms with Gasteiger partial charge in [0, 0.05) is 18.5 Å². The van der Waals surface area contributed by atoms with Gasteiger partial charge in [0.15, 0.2) is 12.4 Å². The number of hydrogen-bond acceptors (Lipinski definition) is 3. The third-order valence-corrected chi connectivity index (χ3v) is 4.46. The summed E-state index contributed by atoms with van der Waals surface area (Å²) in [7, 11) is 0. The highest BCUT2D eigenvalue weighted by Gasteiger charge is 2.06. The van der Waals surface area contributed by atoms with E-state index < -0.39 is 0 Å². The molecule has 3 aromatic rings. The van der Waals surface area contributed by atoms with E-state index in [4.69, 9.17) is 4.74 Å². The van der Waals surface area contributed by atoms with Crippen LogP contribution in [0.1, 0.15) is 29.3 Å². The molecule has 0 bridgehead atoms. The molecule has 1 amide bonds. The number of fused-ring (bicyclic) bond motifs is 1. The normalized spacial score (nSPS) is 10.6. The molecule has 0 aliphatic rings. The Labute approximate surface area is 159 Å². The third kappa shape index (κ3) is 4.94. The molecule has 0 aliphatic carbocycles. The molecule has 0 atom stereocenters. The first-order valence-electron chi connectivity index (χ1n) is 9.17. The zero-order chi connectivity index (χ0) is 19.1. The van der Waals surface area contributed by atoms with Gasteiger partial charge < -0.3 is 10.1 Å². The van der Waals surface area contributed by atoms with Crippen LogP contribution >= 0.6 is 0 Å². The molecule has 27 heavy (non-hydrogen) atoms. The number of hydrogen-bond donors (Lipinski definition) is 1. The summed E-state index contributed by atoms with van der Waals surface area (Å²) in [6.07, 6.45) is 1.24. The van der Waals surface area contributed by atoms with Crippen molar-refractivity contribution in [3.8, 4) is 5.75 Å². The first kappa shape index (κ1) is 18.6. The van der Waals surface area contributed by atoms with E-state index in [-0.39, 0.29) is 18.3 Å². The van der Waals surface area contributed by atoms with Crippen molar-refractivity contribution in [1.82, 2.24) is 5.32 Å². The summed E-state index contributed by atoms with van der Waals surface area (Å²) < 4.78 is 5.49. The van der Waals surface area contributed by atoms with Gasteiger partial charge in [-0.1, -0.05) is 49.4 Å². The minimum Gasteiger partial charge on any atom is -0.484 e. The minimum atomic E-state index is -0.163. The number of amides is 1. The third-order valence-electron chi connectivity index (χ3n) is 4.46. The Balaban J connectivity index is 1.46. The summed E-state index contributed by atoms with van der Waals surface area (Å²) in [5, 5.41) is 5.31. The summed E-state index contributed by atoms with van der Waals surface area (Å²) in [5.41, 5.74) is 1.87. The molecule has 0 saturated heterocycles. The van der Waals surface area contributed by atoms with Gasteiger partial charge in [0.25, 0.3) is 5.91 Å². The predicted molar refractivity (Wildman–Crippen MR) is 107 cm³/mol. The molecule has 4 nitrogen and oxygen atoms in total. The van der Waals surface area contributed by atoms with Crippen LogP contribution in [0.2, 0.25) is 0 Å². The van der Waals surface area contributed by atoms with Gasteiger partial charge in [-0.3, -0.25) is 9.59 Å². The summed E-state index contributed by atoms with van der Waals surface area (Å²) in [6.45, 7) is 2.34. The SMILES string of the molecule is CCC(=O)c1ccc(OCC(=O)NCCc2cccc3ccccc23)cc1. The monoisotopic (exact) mass is 361 g/mol. The van der Waals surface area contributed by atoms with Gasteiger partial charge in [0.2, 0.25) is 0 Å². The zero-order valence-electron chi connectivity index (χ0n) is 15.4. The van der Waals surface area contributed by atoms with Crippen LogP contribution in [0.3, 0.4) is 0 Å². The van der Waals surface area contributed by atoms with Gasteiger partial charge in [0.05, 0.1) is 0 Å². The number of carbonyl (C=O) groups is 2. The van der Waals surface area contributed by atoms with Gasteiger partial charge in [-0.25, -0.2) is 0 Å². The second kappa shape index (κ2) is 8.99. The summed E-state index contributed by atoms with van der Waals surface area (Å²) in [6, 6.07) is 21.3. The van der Waals surface area contributed by atoms with Gasteiger partial charge in [-0.2, -0.15) is 0 Å². The number of ketones is 1. The molecule has 0 unspecified atom stereocenters. The molecule has 3 rings (SSSR count). The average molecular weight is 361 g/mol. The maximum atomic E-state index is 12.0. The minimum absolute atomic E-state index is 0.0450. The molecule has 0 fully saturated rings. The van der Waals surface area contributed by atoms with Crippen molar-refractivity contribution in [3.05, 3.63) is 77.9 Å². The molecule has 0 saturated carbocycles. The molecule has 0 heterocycles. The fourth-order valence-corrected chi connectivity index (χ4v) is 2.99. The molecule has 0 spiro atoms. The van der Waals surface area contributed by atoms with Crippen molar-refractivity contribution in [2.75, 3.05) is 13.2 Å². The van der Waals surface area contributed by atoms with E-state index in [1.165, 1.54) is 16.3 Å². The highest BCUT2D eigenvalue weighted by Crippen LogP contribution is 2.18. The molecule has 4 heteroatoms. The van der Waals surface area contributed by atoms with Crippen molar-refractivity contribution in [3.63, 3.8) is 0 Å². The Morgan fingerprint density at radius 2 is 1.67 bits per heavy atom. The van der Waals surface area contributed by atoms with E-state index in [2.05, 4.69) is 29.6 Å². The molecule has 3 aromatic carbocycles. The fraction of sp³-hybridized carbons (Fsp3) is 0.217. The maximum Gasteiger partial charge on any atom is 0.257 e. The lowest BCUT2D eigenvalue weighted by Gasteiger charge is -2.09. The second-order valence-corrected chi connectivity index (χ2v) is 6.33. The number of nitrogens with one attached hydrogen (secondary N) is 1. The standard InChI is InChI=1S/C23H23NO3/c1-2-22(25)19-10-12-20(13-11-19)27-16-23(26)24-15-14-18-8-5-7-17-6-3-4-9-21(17)18/h3-13H,2,14-16H2,1H3,(H,24,26). The molecule has 0 radical (unpaired) electrons. The lowest BCUT2D eigenvalue weighted by molar-refractivity contribution is -0.123. The fourth-order valence-electron chi connectivity index (χ4n) is 2.99. The van der Waals surface area contributed by atoms with Crippen molar-refractivity contribution in [2.24, 2.45) is 0 Å². The van der Waals surface area contributed by atoms with Crippen LogP contribution in [0.15, 0.2) is 66.7 Å². The Kier molecular flexibility index (Phi) is 6.21.